The molecule has 0 radical (unpaired) electrons. The molecular weight excluding hydrogens is 425 g/mol. The summed E-state index contributed by atoms with van der Waals surface area (Å²) >= 11 is 0. The monoisotopic (exact) mass is 450 g/mol. The van der Waals surface area contributed by atoms with Crippen molar-refractivity contribution in [1.29, 1.82) is 0 Å². The summed E-state index contributed by atoms with van der Waals surface area (Å²) in [5, 5.41) is 2.96. The maximum atomic E-state index is 12.6. The van der Waals surface area contributed by atoms with Gasteiger partial charge in [-0.1, -0.05) is 18.2 Å². The Morgan fingerprint density at radius 1 is 1.06 bits per heavy atom. The van der Waals surface area contributed by atoms with Crippen LogP contribution in [0.15, 0.2) is 36.5 Å². The number of carbonyl (C=O) groups is 2. The fourth-order valence-corrected chi connectivity index (χ4v) is 3.43. The predicted octanol–water partition coefficient (Wildman–Crippen LogP) is 3.04. The van der Waals surface area contributed by atoms with Crippen molar-refractivity contribution in [1.82, 2.24) is 14.8 Å². The van der Waals surface area contributed by atoms with Crippen LogP contribution in [0, 0.1) is 13.8 Å². The van der Waals surface area contributed by atoms with Gasteiger partial charge in [0.25, 0.3) is 5.91 Å². The van der Waals surface area contributed by atoms with Gasteiger partial charge in [-0.25, -0.2) is 4.98 Å². The van der Waals surface area contributed by atoms with E-state index in [1.165, 1.54) is 18.3 Å². The maximum Gasteiger partial charge on any atom is 0.422 e. The van der Waals surface area contributed by atoms with Crippen LogP contribution in [0.25, 0.3) is 0 Å². The van der Waals surface area contributed by atoms with Crippen molar-refractivity contribution in [3.8, 4) is 5.88 Å². The van der Waals surface area contributed by atoms with Crippen LogP contribution in [0.4, 0.5) is 18.9 Å². The topological polar surface area (TPSA) is 74.8 Å². The fourth-order valence-electron chi connectivity index (χ4n) is 3.43. The van der Waals surface area contributed by atoms with Gasteiger partial charge in [0.15, 0.2) is 6.61 Å². The van der Waals surface area contributed by atoms with Gasteiger partial charge >= 0.3 is 6.18 Å². The van der Waals surface area contributed by atoms with Gasteiger partial charge in [0.05, 0.1) is 12.1 Å². The van der Waals surface area contributed by atoms with Crippen LogP contribution >= 0.6 is 0 Å². The number of para-hydroxylation sites is 1. The first-order chi connectivity index (χ1) is 15.1. The lowest BCUT2D eigenvalue weighted by molar-refractivity contribution is -0.154. The minimum Gasteiger partial charge on any atom is -0.468 e. The van der Waals surface area contributed by atoms with E-state index in [4.69, 9.17) is 0 Å². The van der Waals surface area contributed by atoms with Crippen LogP contribution < -0.4 is 10.1 Å². The summed E-state index contributed by atoms with van der Waals surface area (Å²) in [7, 11) is 0. The number of nitrogens with one attached hydrogen (secondary N) is 1. The van der Waals surface area contributed by atoms with Gasteiger partial charge < -0.3 is 15.0 Å². The van der Waals surface area contributed by atoms with Crippen molar-refractivity contribution < 1.29 is 27.5 Å². The highest BCUT2D eigenvalue weighted by Crippen LogP contribution is 2.20. The van der Waals surface area contributed by atoms with Crippen LogP contribution in [-0.2, 0) is 4.79 Å². The molecule has 1 aromatic carbocycles. The zero-order valence-corrected chi connectivity index (χ0v) is 17.9. The average Bonchev–Trinajstić information content (AvgIpc) is 2.75. The standard InChI is InChI=1S/C22H25F3N4O3/c1-15-4-3-5-16(2)20(15)27-18(30)13-28-8-10-29(11-9-28)21(31)17-6-7-19(26-12-17)32-14-22(23,24)25/h3-7,12H,8-11,13-14H2,1-2H3,(H,27,30). The van der Waals surface area contributed by atoms with E-state index in [1.807, 2.05) is 36.9 Å². The highest BCUT2D eigenvalue weighted by atomic mass is 19.4. The van der Waals surface area contributed by atoms with E-state index >= 15 is 0 Å². The minimum absolute atomic E-state index is 0.110. The lowest BCUT2D eigenvalue weighted by atomic mass is 10.1. The number of anilines is 1. The Hall–Kier alpha value is -3.14. The Bertz CT molecular complexity index is 936. The van der Waals surface area contributed by atoms with E-state index in [-0.39, 0.29) is 29.8 Å². The first-order valence-electron chi connectivity index (χ1n) is 10.2. The molecule has 1 N–H and O–H groups in total. The first kappa shape index (κ1) is 23.5. The summed E-state index contributed by atoms with van der Waals surface area (Å²) in [4.78, 5) is 32.5. The van der Waals surface area contributed by atoms with Crippen molar-refractivity contribution in [3.63, 3.8) is 0 Å². The lowest BCUT2D eigenvalue weighted by Crippen LogP contribution is -2.50. The molecule has 2 aromatic rings. The zero-order chi connectivity index (χ0) is 23.3. The number of piperazine rings is 1. The molecule has 1 fully saturated rings. The molecule has 7 nitrogen and oxygen atoms in total. The third-order valence-corrected chi connectivity index (χ3v) is 5.14. The Morgan fingerprint density at radius 2 is 1.72 bits per heavy atom. The Kier molecular flexibility index (Phi) is 7.34. The summed E-state index contributed by atoms with van der Waals surface area (Å²) < 4.78 is 41.2. The molecule has 10 heteroatoms. The van der Waals surface area contributed by atoms with E-state index in [2.05, 4.69) is 15.0 Å². The number of rotatable bonds is 6. The lowest BCUT2D eigenvalue weighted by Gasteiger charge is -2.34. The third kappa shape index (κ3) is 6.43. The van der Waals surface area contributed by atoms with Gasteiger partial charge in [-0.05, 0) is 31.0 Å². The average molecular weight is 450 g/mol. The van der Waals surface area contributed by atoms with Gasteiger partial charge in [-0.2, -0.15) is 13.2 Å². The summed E-state index contributed by atoms with van der Waals surface area (Å²) in [6.45, 7) is 4.60. The molecule has 2 heterocycles. The molecule has 0 unspecified atom stereocenters. The molecule has 1 aromatic heterocycles. The number of alkyl halides is 3. The van der Waals surface area contributed by atoms with Crippen molar-refractivity contribution in [3.05, 3.63) is 53.2 Å². The van der Waals surface area contributed by atoms with Crippen molar-refractivity contribution >= 4 is 17.5 Å². The third-order valence-electron chi connectivity index (χ3n) is 5.14. The Morgan fingerprint density at radius 3 is 2.28 bits per heavy atom. The number of aromatic nitrogens is 1. The van der Waals surface area contributed by atoms with Gasteiger partial charge in [0, 0.05) is 44.1 Å². The van der Waals surface area contributed by atoms with Gasteiger partial charge in [0.1, 0.15) is 0 Å². The number of carbonyl (C=O) groups excluding carboxylic acids is 2. The quantitative estimate of drug-likeness (QED) is 0.733. The zero-order valence-electron chi connectivity index (χ0n) is 17.9. The van der Waals surface area contributed by atoms with E-state index in [9.17, 15) is 22.8 Å². The molecule has 0 saturated carbocycles. The van der Waals surface area contributed by atoms with E-state index in [0.717, 1.165) is 16.8 Å². The number of hydrogen-bond acceptors (Lipinski definition) is 5. The molecule has 1 aliphatic heterocycles. The predicted molar refractivity (Wildman–Crippen MR) is 113 cm³/mol. The second-order valence-electron chi connectivity index (χ2n) is 7.67. The normalized spacial score (nSPS) is 14.8. The van der Waals surface area contributed by atoms with Crippen molar-refractivity contribution in [2.75, 3.05) is 44.6 Å². The van der Waals surface area contributed by atoms with Crippen LogP contribution in [0.2, 0.25) is 0 Å². The van der Waals surface area contributed by atoms with E-state index in [1.54, 1.807) is 4.90 Å². The smallest absolute Gasteiger partial charge is 0.422 e. The number of benzene rings is 1. The second kappa shape index (κ2) is 9.99. The molecule has 0 spiro atoms. The van der Waals surface area contributed by atoms with E-state index in [0.29, 0.717) is 26.2 Å². The van der Waals surface area contributed by atoms with Crippen LogP contribution in [0.1, 0.15) is 21.5 Å². The van der Waals surface area contributed by atoms with Gasteiger partial charge in [-0.3, -0.25) is 14.5 Å². The van der Waals surface area contributed by atoms with E-state index < -0.39 is 12.8 Å². The highest BCUT2D eigenvalue weighted by molar-refractivity contribution is 5.94. The molecule has 32 heavy (non-hydrogen) atoms. The largest absolute Gasteiger partial charge is 0.468 e. The molecule has 3 rings (SSSR count). The Balaban J connectivity index is 1.47. The second-order valence-corrected chi connectivity index (χ2v) is 7.67. The number of aryl methyl sites for hydroxylation is 2. The number of amides is 2. The number of pyridine rings is 1. The minimum atomic E-state index is -4.45. The fraction of sp³-hybridized carbons (Fsp3) is 0.409. The maximum absolute atomic E-state index is 12.6. The first-order valence-corrected chi connectivity index (χ1v) is 10.2. The SMILES string of the molecule is Cc1cccc(C)c1NC(=O)CN1CCN(C(=O)c2ccc(OCC(F)(F)F)nc2)CC1. The number of halogens is 3. The molecule has 0 atom stereocenters. The summed E-state index contributed by atoms with van der Waals surface area (Å²) in [6.07, 6.45) is -3.25. The molecule has 172 valence electrons. The molecule has 1 aliphatic rings. The highest BCUT2D eigenvalue weighted by Gasteiger charge is 2.29. The molecule has 1 saturated heterocycles. The number of ether oxygens (including phenoxy) is 1. The molecule has 2 amide bonds. The van der Waals surface area contributed by atoms with Crippen LogP contribution in [-0.4, -0.2) is 72.1 Å². The Labute approximate surface area is 184 Å². The number of hydrogen-bond donors (Lipinski definition) is 1. The van der Waals surface area contributed by atoms with Gasteiger partial charge in [-0.15, -0.1) is 0 Å². The van der Waals surface area contributed by atoms with Crippen LogP contribution in [0.3, 0.4) is 0 Å². The molecular formula is C22H25F3N4O3. The summed E-state index contributed by atoms with van der Waals surface area (Å²) in [5.74, 6) is -0.570. The number of nitrogens with zero attached hydrogens (tertiary/aromatic N) is 3. The molecule has 0 aliphatic carbocycles. The molecule has 0 bridgehead atoms. The summed E-state index contributed by atoms with van der Waals surface area (Å²) in [6, 6.07) is 8.46. The van der Waals surface area contributed by atoms with Gasteiger partial charge in [0.2, 0.25) is 11.8 Å². The van der Waals surface area contributed by atoms with Crippen molar-refractivity contribution in [2.24, 2.45) is 0 Å². The van der Waals surface area contributed by atoms with Crippen LogP contribution in [0.5, 0.6) is 5.88 Å². The van der Waals surface area contributed by atoms with Crippen molar-refractivity contribution in [2.45, 2.75) is 20.0 Å². The summed E-state index contributed by atoms with van der Waals surface area (Å²) in [5.41, 5.74) is 3.08.